The quantitative estimate of drug-likeness (QED) is 0.333. The molecular formula is C32H34ClN3O2. The standard InChI is InChI=1S/C32H33N3O2.ClH/c1-21-13-14-24-11-7-8-12-27(24)28(21)20-35-30-19-26(23-9-5-4-6-10-23)16-15-25(30)17-18-29(32(35)37)34-31(36)22(2)33-3;/h4-16,19,22,29,33H,17-18,20H2,1-3H3,(H,34,36);1H. The summed E-state index contributed by atoms with van der Waals surface area (Å²) < 4.78 is 0. The Hall–Kier alpha value is -3.67. The molecule has 38 heavy (non-hydrogen) atoms. The average Bonchev–Trinajstić information content (AvgIpc) is 3.06. The van der Waals surface area contributed by atoms with Gasteiger partial charge in [0.25, 0.3) is 0 Å². The van der Waals surface area contributed by atoms with Crippen LogP contribution in [0.5, 0.6) is 0 Å². The zero-order valence-electron chi connectivity index (χ0n) is 22.0. The summed E-state index contributed by atoms with van der Waals surface area (Å²) in [5, 5.41) is 8.28. The van der Waals surface area contributed by atoms with E-state index in [1.807, 2.05) is 35.2 Å². The third kappa shape index (κ3) is 5.45. The van der Waals surface area contributed by atoms with Gasteiger partial charge in [0, 0.05) is 5.69 Å². The molecule has 0 bridgehead atoms. The van der Waals surface area contributed by atoms with Crippen LogP contribution in [0.4, 0.5) is 5.69 Å². The molecule has 0 radical (unpaired) electrons. The van der Waals surface area contributed by atoms with Gasteiger partial charge in [-0.05, 0) is 78.4 Å². The molecule has 196 valence electrons. The number of nitrogens with one attached hydrogen (secondary N) is 2. The second-order valence-corrected chi connectivity index (χ2v) is 9.83. The number of benzene rings is 4. The Labute approximate surface area is 230 Å². The lowest BCUT2D eigenvalue weighted by Gasteiger charge is -2.28. The first-order valence-electron chi connectivity index (χ1n) is 12.9. The van der Waals surface area contributed by atoms with Gasteiger partial charge in [-0.25, -0.2) is 0 Å². The second-order valence-electron chi connectivity index (χ2n) is 9.83. The van der Waals surface area contributed by atoms with Crippen LogP contribution in [-0.2, 0) is 22.6 Å². The van der Waals surface area contributed by atoms with Gasteiger partial charge in [-0.1, -0.05) is 78.9 Å². The molecule has 5 rings (SSSR count). The van der Waals surface area contributed by atoms with Crippen molar-refractivity contribution in [1.29, 1.82) is 0 Å². The number of nitrogens with zero attached hydrogens (tertiary/aromatic N) is 1. The van der Waals surface area contributed by atoms with E-state index in [2.05, 4.69) is 72.2 Å². The maximum absolute atomic E-state index is 14.1. The summed E-state index contributed by atoms with van der Waals surface area (Å²) in [4.78, 5) is 28.8. The first kappa shape index (κ1) is 27.4. The fourth-order valence-electron chi connectivity index (χ4n) is 5.10. The fourth-order valence-corrected chi connectivity index (χ4v) is 5.10. The number of halogens is 1. The summed E-state index contributed by atoms with van der Waals surface area (Å²) in [7, 11) is 1.75. The minimum atomic E-state index is -0.592. The van der Waals surface area contributed by atoms with Crippen LogP contribution in [0.25, 0.3) is 21.9 Å². The van der Waals surface area contributed by atoms with Gasteiger partial charge in [0.15, 0.2) is 0 Å². The molecular weight excluding hydrogens is 494 g/mol. The molecule has 0 saturated heterocycles. The highest BCUT2D eigenvalue weighted by Gasteiger charge is 2.33. The lowest BCUT2D eigenvalue weighted by atomic mass is 9.98. The van der Waals surface area contributed by atoms with Gasteiger partial charge >= 0.3 is 0 Å². The number of rotatable bonds is 6. The first-order valence-corrected chi connectivity index (χ1v) is 12.9. The Balaban J connectivity index is 0.00000336. The van der Waals surface area contributed by atoms with Crippen LogP contribution in [0.15, 0.2) is 84.9 Å². The number of fused-ring (bicyclic) bond motifs is 2. The van der Waals surface area contributed by atoms with Crippen molar-refractivity contribution < 1.29 is 9.59 Å². The molecule has 6 heteroatoms. The molecule has 2 unspecified atom stereocenters. The molecule has 1 aliphatic heterocycles. The topological polar surface area (TPSA) is 61.4 Å². The Bertz CT molecular complexity index is 1450. The Morgan fingerprint density at radius 2 is 1.71 bits per heavy atom. The fraction of sp³-hybridized carbons (Fsp3) is 0.250. The van der Waals surface area contributed by atoms with E-state index in [4.69, 9.17) is 0 Å². The number of likely N-dealkylation sites (N-methyl/N-ethyl adjacent to an activating group) is 1. The molecule has 0 aromatic heterocycles. The first-order chi connectivity index (χ1) is 18.0. The highest BCUT2D eigenvalue weighted by molar-refractivity contribution is 6.02. The van der Waals surface area contributed by atoms with Gasteiger partial charge < -0.3 is 15.5 Å². The van der Waals surface area contributed by atoms with Crippen molar-refractivity contribution in [3.05, 3.63) is 102 Å². The molecule has 1 aliphatic rings. The number of anilines is 1. The van der Waals surface area contributed by atoms with E-state index < -0.39 is 6.04 Å². The second kappa shape index (κ2) is 11.8. The van der Waals surface area contributed by atoms with Crippen molar-refractivity contribution in [2.75, 3.05) is 11.9 Å². The van der Waals surface area contributed by atoms with Crippen LogP contribution in [0.3, 0.4) is 0 Å². The predicted molar refractivity (Wildman–Crippen MR) is 158 cm³/mol. The predicted octanol–water partition coefficient (Wildman–Crippen LogP) is 5.81. The van der Waals surface area contributed by atoms with E-state index in [0.29, 0.717) is 19.4 Å². The van der Waals surface area contributed by atoms with E-state index in [9.17, 15) is 9.59 Å². The van der Waals surface area contributed by atoms with Crippen LogP contribution >= 0.6 is 12.4 Å². The molecule has 2 N–H and O–H groups in total. The van der Waals surface area contributed by atoms with Crippen molar-refractivity contribution in [2.45, 2.75) is 45.3 Å². The number of amides is 2. The largest absolute Gasteiger partial charge is 0.343 e. The monoisotopic (exact) mass is 527 g/mol. The zero-order chi connectivity index (χ0) is 25.9. The maximum atomic E-state index is 14.1. The lowest BCUT2D eigenvalue weighted by Crippen LogP contribution is -2.52. The summed E-state index contributed by atoms with van der Waals surface area (Å²) in [5.41, 5.74) is 6.47. The molecule has 0 aliphatic carbocycles. The van der Waals surface area contributed by atoms with E-state index in [-0.39, 0.29) is 30.3 Å². The number of hydrogen-bond acceptors (Lipinski definition) is 3. The van der Waals surface area contributed by atoms with Crippen LogP contribution in [0.1, 0.15) is 30.0 Å². The average molecular weight is 528 g/mol. The van der Waals surface area contributed by atoms with Gasteiger partial charge in [-0.3, -0.25) is 9.59 Å². The number of carbonyl (C=O) groups is 2. The van der Waals surface area contributed by atoms with Crippen molar-refractivity contribution >= 4 is 40.7 Å². The number of carbonyl (C=O) groups excluding carboxylic acids is 2. The molecule has 0 spiro atoms. The summed E-state index contributed by atoms with van der Waals surface area (Å²) in [6, 6.07) is 28.2. The normalized spacial score (nSPS) is 15.8. The summed E-state index contributed by atoms with van der Waals surface area (Å²) in [6.07, 6.45) is 1.27. The number of aryl methyl sites for hydroxylation is 2. The Kier molecular flexibility index (Phi) is 8.50. The van der Waals surface area contributed by atoms with Crippen molar-refractivity contribution in [3.63, 3.8) is 0 Å². The van der Waals surface area contributed by atoms with Crippen LogP contribution < -0.4 is 15.5 Å². The van der Waals surface area contributed by atoms with Crippen LogP contribution in [-0.4, -0.2) is 30.9 Å². The summed E-state index contributed by atoms with van der Waals surface area (Å²) >= 11 is 0. The van der Waals surface area contributed by atoms with E-state index in [0.717, 1.165) is 44.3 Å². The van der Waals surface area contributed by atoms with Gasteiger partial charge in [-0.15, -0.1) is 12.4 Å². The highest BCUT2D eigenvalue weighted by atomic mass is 35.5. The minimum Gasteiger partial charge on any atom is -0.343 e. The molecule has 0 saturated carbocycles. The molecule has 2 atom stereocenters. The van der Waals surface area contributed by atoms with Crippen molar-refractivity contribution in [2.24, 2.45) is 0 Å². The summed E-state index contributed by atoms with van der Waals surface area (Å²) in [6.45, 7) is 4.33. The third-order valence-electron chi connectivity index (χ3n) is 7.48. The van der Waals surface area contributed by atoms with Crippen molar-refractivity contribution in [1.82, 2.24) is 10.6 Å². The highest BCUT2D eigenvalue weighted by Crippen LogP contribution is 2.35. The summed E-state index contributed by atoms with van der Waals surface area (Å²) in [5.74, 6) is -0.244. The smallest absolute Gasteiger partial charge is 0.249 e. The van der Waals surface area contributed by atoms with Gasteiger partial charge in [0.1, 0.15) is 6.04 Å². The minimum absolute atomic E-state index is 0. The molecule has 4 aromatic carbocycles. The van der Waals surface area contributed by atoms with Crippen LogP contribution in [0.2, 0.25) is 0 Å². The van der Waals surface area contributed by atoms with Crippen molar-refractivity contribution in [3.8, 4) is 11.1 Å². The van der Waals surface area contributed by atoms with Crippen LogP contribution in [0, 0.1) is 6.92 Å². The van der Waals surface area contributed by atoms with E-state index >= 15 is 0 Å². The van der Waals surface area contributed by atoms with Gasteiger partial charge in [0.2, 0.25) is 11.8 Å². The van der Waals surface area contributed by atoms with E-state index in [1.54, 1.807) is 14.0 Å². The van der Waals surface area contributed by atoms with E-state index in [1.165, 1.54) is 0 Å². The molecule has 0 fully saturated rings. The van der Waals surface area contributed by atoms with Gasteiger partial charge in [-0.2, -0.15) is 0 Å². The zero-order valence-corrected chi connectivity index (χ0v) is 22.8. The molecule has 1 heterocycles. The SMILES string of the molecule is CNC(C)C(=O)NC1CCc2ccc(-c3ccccc3)cc2N(Cc2c(C)ccc3ccccc23)C1=O.Cl. The molecule has 5 nitrogen and oxygen atoms in total. The molecule has 2 amide bonds. The number of hydrogen-bond donors (Lipinski definition) is 2. The Morgan fingerprint density at radius 3 is 2.47 bits per heavy atom. The lowest BCUT2D eigenvalue weighted by molar-refractivity contribution is -0.128. The maximum Gasteiger partial charge on any atom is 0.249 e. The Morgan fingerprint density at radius 1 is 0.974 bits per heavy atom. The third-order valence-corrected chi connectivity index (χ3v) is 7.48. The van der Waals surface area contributed by atoms with Gasteiger partial charge in [0.05, 0.1) is 12.6 Å². The molecule has 4 aromatic rings.